The molecule has 0 fully saturated rings. The molecule has 2 aromatic rings. The lowest BCUT2D eigenvalue weighted by Gasteiger charge is -2.27. The van der Waals surface area contributed by atoms with Crippen molar-refractivity contribution in [3.8, 4) is 5.75 Å². The van der Waals surface area contributed by atoms with E-state index in [2.05, 4.69) is 25.9 Å². The predicted octanol–water partition coefficient (Wildman–Crippen LogP) is -0.806. The fourth-order valence-electron chi connectivity index (χ4n) is 3.59. The predicted molar refractivity (Wildman–Crippen MR) is 137 cm³/mol. The largest absolute Gasteiger partial charge is 0.508 e. The summed E-state index contributed by atoms with van der Waals surface area (Å²) in [6.45, 7) is 4.95. The van der Waals surface area contributed by atoms with Gasteiger partial charge >= 0.3 is 5.97 Å². The topological polar surface area (TPSA) is 220 Å². The number of carbonyl (C=O) groups is 4. The van der Waals surface area contributed by atoms with E-state index in [1.165, 1.54) is 31.6 Å². The van der Waals surface area contributed by atoms with Crippen LogP contribution in [0.1, 0.15) is 38.4 Å². The van der Waals surface area contributed by atoms with Crippen LogP contribution in [0.2, 0.25) is 0 Å². The van der Waals surface area contributed by atoms with Crippen LogP contribution in [0.25, 0.3) is 0 Å². The van der Waals surface area contributed by atoms with Crippen molar-refractivity contribution in [1.29, 1.82) is 0 Å². The van der Waals surface area contributed by atoms with E-state index < -0.39 is 54.0 Å². The number of H-pyrrole nitrogens is 1. The lowest BCUT2D eigenvalue weighted by molar-refractivity contribution is -0.142. The number of nitrogens with zero attached hydrogens (tertiary/aromatic N) is 1. The third-order valence-corrected chi connectivity index (χ3v) is 6.23. The second kappa shape index (κ2) is 14.1. The Balaban J connectivity index is 2.24. The first-order valence-electron chi connectivity index (χ1n) is 12.3. The molecule has 1 aromatic carbocycles. The Morgan fingerprint density at radius 2 is 1.61 bits per heavy atom. The van der Waals surface area contributed by atoms with Crippen LogP contribution in [-0.2, 0) is 32.0 Å². The van der Waals surface area contributed by atoms with Crippen LogP contribution in [0.3, 0.4) is 0 Å². The van der Waals surface area contributed by atoms with Crippen molar-refractivity contribution in [2.24, 2.45) is 11.7 Å². The van der Waals surface area contributed by atoms with Crippen molar-refractivity contribution in [3.63, 3.8) is 0 Å². The second-order valence-corrected chi connectivity index (χ2v) is 9.25. The first-order valence-corrected chi connectivity index (χ1v) is 12.3. The number of hydrogen-bond donors (Lipinski definition) is 8. The zero-order valence-electron chi connectivity index (χ0n) is 21.5. The maximum atomic E-state index is 13.2. The molecule has 0 aliphatic carbocycles. The molecule has 6 unspecified atom stereocenters. The highest BCUT2D eigenvalue weighted by atomic mass is 16.4. The first-order chi connectivity index (χ1) is 17.9. The minimum atomic E-state index is -1.42. The minimum Gasteiger partial charge on any atom is -0.508 e. The Kier molecular flexibility index (Phi) is 11.2. The molecule has 0 saturated heterocycles. The lowest BCUT2D eigenvalue weighted by atomic mass is 9.98. The van der Waals surface area contributed by atoms with Crippen molar-refractivity contribution < 1.29 is 34.5 Å². The highest BCUT2D eigenvalue weighted by Crippen LogP contribution is 2.13. The number of imidazole rings is 1. The van der Waals surface area contributed by atoms with Crippen LogP contribution in [0.5, 0.6) is 5.75 Å². The van der Waals surface area contributed by atoms with Crippen molar-refractivity contribution in [2.45, 2.75) is 70.3 Å². The van der Waals surface area contributed by atoms with Gasteiger partial charge in [0, 0.05) is 24.7 Å². The Morgan fingerprint density at radius 1 is 0.974 bits per heavy atom. The number of amides is 3. The van der Waals surface area contributed by atoms with Crippen molar-refractivity contribution >= 4 is 23.7 Å². The number of carbonyl (C=O) groups excluding carboxylic acids is 3. The molecule has 1 heterocycles. The van der Waals surface area contributed by atoms with Crippen LogP contribution in [0, 0.1) is 5.92 Å². The number of phenolic OH excluding ortho intramolecular Hbond substituents is 1. The summed E-state index contributed by atoms with van der Waals surface area (Å²) in [5.41, 5.74) is 6.98. The summed E-state index contributed by atoms with van der Waals surface area (Å²) >= 11 is 0. The number of benzene rings is 1. The summed E-state index contributed by atoms with van der Waals surface area (Å²) in [7, 11) is 0. The van der Waals surface area contributed by atoms with Crippen LogP contribution in [0.4, 0.5) is 0 Å². The Morgan fingerprint density at radius 3 is 2.13 bits per heavy atom. The van der Waals surface area contributed by atoms with E-state index in [0.29, 0.717) is 17.7 Å². The summed E-state index contributed by atoms with van der Waals surface area (Å²) in [6, 6.07) is 0.941. The van der Waals surface area contributed by atoms with Crippen molar-refractivity contribution in [2.75, 3.05) is 0 Å². The van der Waals surface area contributed by atoms with E-state index in [4.69, 9.17) is 5.73 Å². The van der Waals surface area contributed by atoms with E-state index >= 15 is 0 Å². The Hall–Kier alpha value is -3.97. The summed E-state index contributed by atoms with van der Waals surface area (Å²) in [5, 5.41) is 36.8. The number of phenols is 1. The van der Waals surface area contributed by atoms with Gasteiger partial charge in [-0.2, -0.15) is 0 Å². The van der Waals surface area contributed by atoms with Gasteiger partial charge in [0.1, 0.15) is 23.9 Å². The molecule has 1 aromatic heterocycles. The fraction of sp³-hybridized carbons (Fsp3) is 0.480. The van der Waals surface area contributed by atoms with Gasteiger partial charge in [-0.15, -0.1) is 0 Å². The smallest absolute Gasteiger partial charge is 0.326 e. The van der Waals surface area contributed by atoms with E-state index in [1.807, 2.05) is 6.92 Å². The Labute approximate surface area is 220 Å². The van der Waals surface area contributed by atoms with Gasteiger partial charge < -0.3 is 42.0 Å². The first kappa shape index (κ1) is 30.3. The summed E-state index contributed by atoms with van der Waals surface area (Å²) in [6.07, 6.45) is 1.95. The summed E-state index contributed by atoms with van der Waals surface area (Å²) in [5.74, 6) is -3.77. The SMILES string of the molecule is CCC(C)C(N)C(=O)NC(C(=O)NC(Cc1ccc(O)cc1)C(=O)NC(Cc1cnc[nH]1)C(=O)O)C(C)O. The standard InChI is InChI=1S/C25H36N6O7/c1-4-13(2)20(26)23(35)31-21(14(3)32)24(36)29-18(9-15-5-7-17(33)8-6-15)22(34)30-19(25(37)38)10-16-11-27-12-28-16/h5-8,11-14,18-21,32-33H,4,9-10,26H2,1-3H3,(H,27,28)(H,29,36)(H,30,34)(H,31,35)(H,37,38). The number of nitrogens with one attached hydrogen (secondary N) is 4. The number of carboxylic acids is 1. The van der Waals surface area contributed by atoms with Gasteiger partial charge in [0.05, 0.1) is 18.5 Å². The normalized spacial score (nSPS) is 15.8. The van der Waals surface area contributed by atoms with Crippen LogP contribution < -0.4 is 21.7 Å². The van der Waals surface area contributed by atoms with Crippen LogP contribution >= 0.6 is 0 Å². The maximum Gasteiger partial charge on any atom is 0.326 e. The monoisotopic (exact) mass is 532 g/mol. The van der Waals surface area contributed by atoms with Gasteiger partial charge in [-0.05, 0) is 30.5 Å². The number of aromatic amines is 1. The molecule has 38 heavy (non-hydrogen) atoms. The molecule has 9 N–H and O–H groups in total. The molecule has 0 aliphatic heterocycles. The number of aromatic hydroxyl groups is 1. The molecule has 0 aliphatic rings. The number of aliphatic hydroxyl groups excluding tert-OH is 1. The number of rotatable bonds is 14. The highest BCUT2D eigenvalue weighted by Gasteiger charge is 2.33. The molecule has 0 bridgehead atoms. The fourth-order valence-corrected chi connectivity index (χ4v) is 3.59. The van der Waals surface area contributed by atoms with E-state index in [9.17, 15) is 34.5 Å². The van der Waals surface area contributed by atoms with Crippen LogP contribution in [0.15, 0.2) is 36.8 Å². The molecule has 3 amide bonds. The second-order valence-electron chi connectivity index (χ2n) is 9.25. The number of aliphatic carboxylic acids is 1. The zero-order chi connectivity index (χ0) is 28.4. The quantitative estimate of drug-likeness (QED) is 0.152. The molecule has 208 valence electrons. The molecule has 6 atom stereocenters. The molecular weight excluding hydrogens is 496 g/mol. The van der Waals surface area contributed by atoms with Gasteiger partial charge in [-0.25, -0.2) is 9.78 Å². The van der Waals surface area contributed by atoms with Gasteiger partial charge in [0.15, 0.2) is 0 Å². The molecule has 13 nitrogen and oxygen atoms in total. The molecular formula is C25H36N6O7. The lowest BCUT2D eigenvalue weighted by Crippen LogP contribution is -2.60. The third-order valence-electron chi connectivity index (χ3n) is 6.23. The average molecular weight is 533 g/mol. The zero-order valence-corrected chi connectivity index (χ0v) is 21.5. The third kappa shape index (κ3) is 8.85. The van der Waals surface area contributed by atoms with E-state index in [-0.39, 0.29) is 24.5 Å². The molecule has 0 spiro atoms. The van der Waals surface area contributed by atoms with Crippen molar-refractivity contribution in [1.82, 2.24) is 25.9 Å². The average Bonchev–Trinajstić information content (AvgIpc) is 3.39. The molecule has 2 rings (SSSR count). The number of carboxylic acid groups (broad SMARTS) is 1. The van der Waals surface area contributed by atoms with Crippen molar-refractivity contribution in [3.05, 3.63) is 48.0 Å². The van der Waals surface area contributed by atoms with Gasteiger partial charge in [-0.3, -0.25) is 14.4 Å². The number of nitrogens with two attached hydrogens (primary N) is 1. The number of aliphatic hydroxyl groups is 1. The molecule has 0 saturated carbocycles. The van der Waals surface area contributed by atoms with Gasteiger partial charge in [-0.1, -0.05) is 32.4 Å². The minimum absolute atomic E-state index is 0.00110. The maximum absolute atomic E-state index is 13.2. The Bertz CT molecular complexity index is 1070. The van der Waals surface area contributed by atoms with E-state index in [0.717, 1.165) is 0 Å². The van der Waals surface area contributed by atoms with Crippen LogP contribution in [-0.4, -0.2) is 79.2 Å². The highest BCUT2D eigenvalue weighted by molar-refractivity contribution is 5.94. The molecule has 13 heteroatoms. The van der Waals surface area contributed by atoms with Gasteiger partial charge in [0.25, 0.3) is 0 Å². The molecule has 0 radical (unpaired) electrons. The van der Waals surface area contributed by atoms with Gasteiger partial charge in [0.2, 0.25) is 17.7 Å². The van der Waals surface area contributed by atoms with E-state index in [1.54, 1.807) is 19.1 Å². The summed E-state index contributed by atoms with van der Waals surface area (Å²) in [4.78, 5) is 57.3. The summed E-state index contributed by atoms with van der Waals surface area (Å²) < 4.78 is 0. The number of aromatic nitrogens is 2. The number of hydrogen-bond acceptors (Lipinski definition) is 8.